The van der Waals surface area contributed by atoms with Gasteiger partial charge >= 0.3 is 11.9 Å². The van der Waals surface area contributed by atoms with E-state index in [9.17, 15) is 23.1 Å². The molecular weight excluding hydrogens is 588 g/mol. The number of aromatic nitrogens is 2. The van der Waals surface area contributed by atoms with Crippen LogP contribution in [0.3, 0.4) is 0 Å². The minimum atomic E-state index is -3.38. The molecule has 0 saturated carbocycles. The van der Waals surface area contributed by atoms with Crippen LogP contribution in [0.2, 0.25) is 0 Å². The average molecular weight is 614 g/mol. The number of carboxylic acids is 2. The van der Waals surface area contributed by atoms with E-state index in [1.54, 1.807) is 23.1 Å². The summed E-state index contributed by atoms with van der Waals surface area (Å²) in [4.78, 5) is 23.1. The number of piperidine rings is 1. The molecule has 1 fully saturated rings. The van der Waals surface area contributed by atoms with Crippen molar-refractivity contribution >= 4 is 54.9 Å². The molecule has 4 rings (SSSR count). The smallest absolute Gasteiger partial charge is 0.349 e. The van der Waals surface area contributed by atoms with E-state index in [-0.39, 0.29) is 22.4 Å². The molecule has 198 valence electrons. The summed E-state index contributed by atoms with van der Waals surface area (Å²) in [5.74, 6) is -2.44. The fraction of sp³-hybridized carbons (Fsp3) is 0.348. The number of aryl methyl sites for hydroxylation is 1. The Labute approximate surface area is 225 Å². The molecule has 11 nitrogen and oxygen atoms in total. The molecule has 14 heteroatoms. The van der Waals surface area contributed by atoms with Crippen molar-refractivity contribution in [1.29, 1.82) is 0 Å². The number of carboxylic acid groups (broad SMARTS) is 2. The van der Waals surface area contributed by atoms with Gasteiger partial charge in [0.2, 0.25) is 10.0 Å². The Morgan fingerprint density at radius 3 is 2.62 bits per heavy atom. The van der Waals surface area contributed by atoms with E-state index >= 15 is 0 Å². The van der Waals surface area contributed by atoms with Crippen LogP contribution in [0.15, 0.2) is 47.2 Å². The van der Waals surface area contributed by atoms with E-state index in [0.29, 0.717) is 41.8 Å². The predicted octanol–water partition coefficient (Wildman–Crippen LogP) is 3.44. The molecule has 0 aliphatic carbocycles. The van der Waals surface area contributed by atoms with Crippen LogP contribution < -0.4 is 10.1 Å². The zero-order chi connectivity index (χ0) is 26.6. The van der Waals surface area contributed by atoms with Crippen molar-refractivity contribution in [2.75, 3.05) is 30.8 Å². The second-order valence-electron chi connectivity index (χ2n) is 8.37. The number of sulfonamides is 1. The van der Waals surface area contributed by atoms with Gasteiger partial charge in [0.15, 0.2) is 17.2 Å². The maximum atomic E-state index is 12.7. The molecule has 3 N–H and O–H groups in total. The van der Waals surface area contributed by atoms with Gasteiger partial charge in [-0.05, 0) is 52.5 Å². The van der Waals surface area contributed by atoms with Crippen molar-refractivity contribution in [3.63, 3.8) is 0 Å². The summed E-state index contributed by atoms with van der Waals surface area (Å²) in [5, 5.41) is 26.0. The minimum absolute atomic E-state index is 0.00100. The summed E-state index contributed by atoms with van der Waals surface area (Å²) in [6, 6.07) is 9.24. The zero-order valence-electron chi connectivity index (χ0n) is 19.5. The summed E-state index contributed by atoms with van der Waals surface area (Å²) in [7, 11) is -3.38. The quantitative estimate of drug-likeness (QED) is 0.296. The molecule has 1 aromatic carbocycles. The SMILES string of the molecule is O=C(O)COc1c(C(=O)O)sc(-c2cccc(NC3CCN(S(=O)(=O)CCn4cccn4)CC3)c2)c1Br. The number of hydrogen-bond acceptors (Lipinski definition) is 8. The molecular formula is C23H25BrN4O7S2. The molecule has 0 atom stereocenters. The molecule has 0 unspecified atom stereocenters. The summed E-state index contributed by atoms with van der Waals surface area (Å²) >= 11 is 4.36. The summed E-state index contributed by atoms with van der Waals surface area (Å²) in [5.41, 5.74) is 1.54. The van der Waals surface area contributed by atoms with Crippen LogP contribution in [0.4, 0.5) is 5.69 Å². The maximum Gasteiger partial charge on any atom is 0.349 e. The number of rotatable bonds is 11. The zero-order valence-corrected chi connectivity index (χ0v) is 22.8. The van der Waals surface area contributed by atoms with Crippen molar-refractivity contribution in [2.24, 2.45) is 0 Å². The Balaban J connectivity index is 1.40. The summed E-state index contributed by atoms with van der Waals surface area (Å²) in [6.07, 6.45) is 4.64. The first-order valence-corrected chi connectivity index (χ1v) is 14.6. The Morgan fingerprint density at radius 2 is 1.97 bits per heavy atom. The highest BCUT2D eigenvalue weighted by molar-refractivity contribution is 9.10. The molecule has 1 aliphatic rings. The lowest BCUT2D eigenvalue weighted by molar-refractivity contribution is -0.139. The third-order valence-electron chi connectivity index (χ3n) is 5.82. The van der Waals surface area contributed by atoms with Crippen molar-refractivity contribution < 1.29 is 33.0 Å². The van der Waals surface area contributed by atoms with Crippen LogP contribution in [0.5, 0.6) is 5.75 Å². The second kappa shape index (κ2) is 11.6. The van der Waals surface area contributed by atoms with Crippen LogP contribution >= 0.6 is 27.3 Å². The van der Waals surface area contributed by atoms with Crippen LogP contribution in [-0.4, -0.2) is 76.1 Å². The highest BCUT2D eigenvalue weighted by Crippen LogP contribution is 2.46. The van der Waals surface area contributed by atoms with Gasteiger partial charge in [-0.3, -0.25) is 4.68 Å². The number of nitrogens with one attached hydrogen (secondary N) is 1. The predicted molar refractivity (Wildman–Crippen MR) is 142 cm³/mol. The van der Waals surface area contributed by atoms with Crippen molar-refractivity contribution in [3.8, 4) is 16.2 Å². The molecule has 37 heavy (non-hydrogen) atoms. The molecule has 0 spiro atoms. The van der Waals surface area contributed by atoms with E-state index in [2.05, 4.69) is 26.3 Å². The second-order valence-corrected chi connectivity index (χ2v) is 12.3. The Bertz CT molecular complexity index is 1370. The Hall–Kier alpha value is -2.94. The molecule has 3 aromatic rings. The first-order valence-electron chi connectivity index (χ1n) is 11.4. The first kappa shape index (κ1) is 27.1. The number of carbonyl (C=O) groups is 2. The van der Waals surface area contributed by atoms with E-state index in [4.69, 9.17) is 9.84 Å². The Kier molecular flexibility index (Phi) is 8.52. The van der Waals surface area contributed by atoms with E-state index in [0.717, 1.165) is 22.6 Å². The first-order chi connectivity index (χ1) is 17.6. The number of anilines is 1. The van der Waals surface area contributed by atoms with Crippen molar-refractivity contribution in [1.82, 2.24) is 14.1 Å². The summed E-state index contributed by atoms with van der Waals surface area (Å²) < 4.78 is 34.2. The fourth-order valence-electron chi connectivity index (χ4n) is 4.02. The van der Waals surface area contributed by atoms with Crippen LogP contribution in [0, 0.1) is 0 Å². The third-order valence-corrected chi connectivity index (χ3v) is 9.90. The third kappa shape index (κ3) is 6.69. The highest BCUT2D eigenvalue weighted by Gasteiger charge is 2.28. The highest BCUT2D eigenvalue weighted by atomic mass is 79.9. The van der Waals surface area contributed by atoms with Crippen molar-refractivity contribution in [3.05, 3.63) is 52.1 Å². The number of benzene rings is 1. The molecule has 2 aromatic heterocycles. The number of hydrogen-bond donors (Lipinski definition) is 3. The lowest BCUT2D eigenvalue weighted by Crippen LogP contribution is -2.43. The normalized spacial score (nSPS) is 14.9. The molecule has 0 amide bonds. The van der Waals surface area contributed by atoms with E-state index < -0.39 is 28.6 Å². The molecule has 0 radical (unpaired) electrons. The van der Waals surface area contributed by atoms with Gasteiger partial charge in [-0.1, -0.05) is 12.1 Å². The average Bonchev–Trinajstić information content (AvgIpc) is 3.50. The molecule has 1 aliphatic heterocycles. The summed E-state index contributed by atoms with van der Waals surface area (Å²) in [6.45, 7) is 0.489. The number of aliphatic carboxylic acids is 1. The Morgan fingerprint density at radius 1 is 1.22 bits per heavy atom. The molecule has 1 saturated heterocycles. The standard InChI is InChI=1S/C23H25BrN4O7S2/c24-19-20(35-14-18(29)30)22(23(31)32)36-21(19)15-3-1-4-17(13-15)26-16-5-9-28(10-6-16)37(33,34)12-11-27-8-2-7-25-27/h1-4,7-8,13,16,26H,5-6,9-12,14H2,(H,29,30)(H,31,32). The van der Waals surface area contributed by atoms with Gasteiger partial charge in [0.1, 0.15) is 0 Å². The van der Waals surface area contributed by atoms with Crippen LogP contribution in [0.25, 0.3) is 10.4 Å². The van der Waals surface area contributed by atoms with E-state index in [1.807, 2.05) is 24.3 Å². The topological polar surface area (TPSA) is 151 Å². The van der Waals surface area contributed by atoms with Gasteiger partial charge in [-0.2, -0.15) is 5.10 Å². The molecule has 3 heterocycles. The fourth-order valence-corrected chi connectivity index (χ4v) is 7.35. The number of nitrogens with zero attached hydrogens (tertiary/aromatic N) is 3. The van der Waals surface area contributed by atoms with Gasteiger partial charge in [0.25, 0.3) is 0 Å². The number of ether oxygens (including phenoxy) is 1. The van der Waals surface area contributed by atoms with Gasteiger partial charge in [0, 0.05) is 37.2 Å². The largest absolute Gasteiger partial charge is 0.479 e. The maximum absolute atomic E-state index is 12.7. The lowest BCUT2D eigenvalue weighted by Gasteiger charge is -2.32. The van der Waals surface area contributed by atoms with Crippen LogP contribution in [0.1, 0.15) is 22.5 Å². The van der Waals surface area contributed by atoms with Gasteiger partial charge in [-0.25, -0.2) is 22.3 Å². The number of halogens is 1. The van der Waals surface area contributed by atoms with Crippen LogP contribution in [-0.2, 0) is 21.4 Å². The van der Waals surface area contributed by atoms with Gasteiger partial charge < -0.3 is 20.3 Å². The monoisotopic (exact) mass is 612 g/mol. The molecule has 0 bridgehead atoms. The van der Waals surface area contributed by atoms with E-state index in [1.165, 1.54) is 4.31 Å². The number of aromatic carboxylic acids is 1. The van der Waals surface area contributed by atoms with Crippen molar-refractivity contribution in [2.45, 2.75) is 25.4 Å². The van der Waals surface area contributed by atoms with Gasteiger partial charge in [0.05, 0.1) is 21.6 Å². The lowest BCUT2D eigenvalue weighted by atomic mass is 10.1. The minimum Gasteiger partial charge on any atom is -0.479 e. The van der Waals surface area contributed by atoms with Gasteiger partial charge in [-0.15, -0.1) is 11.3 Å². The number of thiophene rings is 1.